The van der Waals surface area contributed by atoms with E-state index in [4.69, 9.17) is 4.98 Å². The van der Waals surface area contributed by atoms with Crippen molar-refractivity contribution >= 4 is 11.7 Å². The van der Waals surface area contributed by atoms with Crippen LogP contribution in [0.2, 0.25) is 0 Å². The van der Waals surface area contributed by atoms with Crippen molar-refractivity contribution in [2.75, 3.05) is 4.90 Å². The standard InChI is InChI=1S/C23H21N7O/c1-28-12-20(24-13-28)16-6-5-15-10-22(31)29(11-17(15)9-16)21-4-2-3-19(26-21)23-27-25-14-30(23)18-7-8-18/h2-6,9,12-14,18H,7-8,10-11H2,1H3. The molecule has 1 fully saturated rings. The maximum Gasteiger partial charge on any atom is 0.232 e. The Bertz CT molecular complexity index is 1300. The number of hydrogen-bond acceptors (Lipinski definition) is 5. The zero-order valence-electron chi connectivity index (χ0n) is 17.1. The Kier molecular flexibility index (Phi) is 3.99. The largest absolute Gasteiger partial charge is 0.340 e. The molecule has 154 valence electrons. The van der Waals surface area contributed by atoms with E-state index in [9.17, 15) is 4.79 Å². The lowest BCUT2D eigenvalue weighted by Crippen LogP contribution is -2.36. The van der Waals surface area contributed by atoms with E-state index < -0.39 is 0 Å². The van der Waals surface area contributed by atoms with E-state index in [1.54, 1.807) is 17.6 Å². The Morgan fingerprint density at radius 1 is 1.03 bits per heavy atom. The lowest BCUT2D eigenvalue weighted by Gasteiger charge is -2.28. The first-order chi connectivity index (χ1) is 15.2. The van der Waals surface area contributed by atoms with Crippen molar-refractivity contribution in [2.24, 2.45) is 7.05 Å². The number of nitrogens with zero attached hydrogens (tertiary/aromatic N) is 7. The van der Waals surface area contributed by atoms with Crippen LogP contribution < -0.4 is 4.90 Å². The van der Waals surface area contributed by atoms with Gasteiger partial charge in [-0.15, -0.1) is 10.2 Å². The molecule has 1 aliphatic heterocycles. The van der Waals surface area contributed by atoms with Crippen LogP contribution in [0.5, 0.6) is 0 Å². The smallest absolute Gasteiger partial charge is 0.232 e. The normalized spacial score (nSPS) is 15.9. The molecule has 3 aromatic heterocycles. The average Bonchev–Trinajstić information content (AvgIpc) is 3.34. The molecule has 1 amide bonds. The average molecular weight is 411 g/mol. The molecule has 0 unspecified atom stereocenters. The number of aromatic nitrogens is 6. The predicted molar refractivity (Wildman–Crippen MR) is 115 cm³/mol. The van der Waals surface area contributed by atoms with Gasteiger partial charge in [-0.2, -0.15) is 0 Å². The van der Waals surface area contributed by atoms with Crippen molar-refractivity contribution in [3.05, 3.63) is 66.4 Å². The fraction of sp³-hybridized carbons (Fsp3) is 0.261. The van der Waals surface area contributed by atoms with E-state index >= 15 is 0 Å². The van der Waals surface area contributed by atoms with E-state index in [1.807, 2.05) is 48.1 Å². The number of pyridine rings is 1. The van der Waals surface area contributed by atoms with Crippen molar-refractivity contribution in [1.82, 2.24) is 29.3 Å². The molecule has 1 aliphatic carbocycles. The number of aryl methyl sites for hydroxylation is 1. The van der Waals surface area contributed by atoms with Crippen LogP contribution in [-0.4, -0.2) is 35.2 Å². The zero-order chi connectivity index (χ0) is 20.9. The van der Waals surface area contributed by atoms with Crippen molar-refractivity contribution in [3.63, 3.8) is 0 Å². The number of rotatable bonds is 4. The molecule has 0 radical (unpaired) electrons. The molecular formula is C23H21N7O. The molecule has 0 bridgehead atoms. The van der Waals surface area contributed by atoms with Gasteiger partial charge in [0.15, 0.2) is 5.82 Å². The minimum atomic E-state index is 0.0476. The summed E-state index contributed by atoms with van der Waals surface area (Å²) in [4.78, 5) is 23.9. The Balaban J connectivity index is 1.33. The van der Waals surface area contributed by atoms with Crippen LogP contribution in [0, 0.1) is 0 Å². The second kappa shape index (κ2) is 6.87. The third-order valence-corrected chi connectivity index (χ3v) is 5.93. The maximum absolute atomic E-state index is 12.9. The minimum absolute atomic E-state index is 0.0476. The molecule has 0 atom stereocenters. The van der Waals surface area contributed by atoms with Crippen molar-refractivity contribution in [3.8, 4) is 22.8 Å². The number of benzene rings is 1. The molecule has 1 saturated carbocycles. The molecule has 1 aromatic carbocycles. The van der Waals surface area contributed by atoms with Crippen LogP contribution in [-0.2, 0) is 24.8 Å². The molecule has 0 N–H and O–H groups in total. The number of imidazole rings is 1. The van der Waals surface area contributed by atoms with E-state index in [-0.39, 0.29) is 5.91 Å². The zero-order valence-corrected chi connectivity index (χ0v) is 17.1. The van der Waals surface area contributed by atoms with E-state index in [1.165, 1.54) is 0 Å². The maximum atomic E-state index is 12.9. The highest BCUT2D eigenvalue weighted by atomic mass is 16.2. The number of amides is 1. The highest BCUT2D eigenvalue weighted by molar-refractivity contribution is 5.96. The molecule has 8 heteroatoms. The SMILES string of the molecule is Cn1cnc(-c2ccc3c(c2)CN(c2cccc(-c4nncn4C4CC4)n2)C(=O)C3)c1. The summed E-state index contributed by atoms with van der Waals surface area (Å²) in [6.45, 7) is 0.487. The number of carbonyl (C=O) groups is 1. The molecular weight excluding hydrogens is 390 g/mol. The molecule has 4 heterocycles. The Morgan fingerprint density at radius 3 is 2.74 bits per heavy atom. The van der Waals surface area contributed by atoms with Crippen molar-refractivity contribution in [1.29, 1.82) is 0 Å². The molecule has 0 spiro atoms. The summed E-state index contributed by atoms with van der Waals surface area (Å²) in [5.41, 5.74) is 4.89. The summed E-state index contributed by atoms with van der Waals surface area (Å²) < 4.78 is 4.01. The number of carbonyl (C=O) groups excluding carboxylic acids is 1. The monoisotopic (exact) mass is 411 g/mol. The molecule has 2 aliphatic rings. The van der Waals surface area contributed by atoms with Gasteiger partial charge in [-0.3, -0.25) is 9.69 Å². The molecule has 6 rings (SSSR count). The third kappa shape index (κ3) is 3.20. The highest BCUT2D eigenvalue weighted by Gasteiger charge is 2.29. The van der Waals surface area contributed by atoms with Gasteiger partial charge in [0, 0.05) is 24.8 Å². The first kappa shape index (κ1) is 18.0. The predicted octanol–water partition coefficient (Wildman–Crippen LogP) is 3.16. The summed E-state index contributed by atoms with van der Waals surface area (Å²) in [7, 11) is 1.96. The van der Waals surface area contributed by atoms with Gasteiger partial charge in [-0.1, -0.05) is 18.2 Å². The van der Waals surface area contributed by atoms with E-state index in [2.05, 4.69) is 25.8 Å². The van der Waals surface area contributed by atoms with Gasteiger partial charge < -0.3 is 9.13 Å². The molecule has 31 heavy (non-hydrogen) atoms. The number of hydrogen-bond donors (Lipinski definition) is 0. The Labute approximate surface area is 179 Å². The summed E-state index contributed by atoms with van der Waals surface area (Å²) in [5.74, 6) is 1.44. The van der Waals surface area contributed by atoms with Gasteiger partial charge >= 0.3 is 0 Å². The van der Waals surface area contributed by atoms with Crippen LogP contribution in [0.15, 0.2) is 55.2 Å². The van der Waals surface area contributed by atoms with E-state index in [0.29, 0.717) is 24.8 Å². The van der Waals surface area contributed by atoms with Crippen LogP contribution in [0.3, 0.4) is 0 Å². The first-order valence-electron chi connectivity index (χ1n) is 10.4. The van der Waals surface area contributed by atoms with Gasteiger partial charge in [0.25, 0.3) is 0 Å². The lowest BCUT2D eigenvalue weighted by atomic mass is 9.96. The molecule has 4 aromatic rings. The fourth-order valence-electron chi connectivity index (χ4n) is 4.14. The lowest BCUT2D eigenvalue weighted by molar-refractivity contribution is -0.118. The van der Waals surface area contributed by atoms with Gasteiger partial charge in [-0.25, -0.2) is 9.97 Å². The number of fused-ring (bicyclic) bond motifs is 1. The van der Waals surface area contributed by atoms with Crippen LogP contribution >= 0.6 is 0 Å². The topological polar surface area (TPSA) is 81.7 Å². The van der Waals surface area contributed by atoms with Crippen molar-refractivity contribution in [2.45, 2.75) is 31.8 Å². The highest BCUT2D eigenvalue weighted by Crippen LogP contribution is 2.37. The second-order valence-electron chi connectivity index (χ2n) is 8.24. The first-order valence-corrected chi connectivity index (χ1v) is 10.4. The summed E-state index contributed by atoms with van der Waals surface area (Å²) in [5, 5.41) is 8.35. The molecule has 8 nitrogen and oxygen atoms in total. The van der Waals surface area contributed by atoms with Crippen LogP contribution in [0.1, 0.15) is 30.0 Å². The van der Waals surface area contributed by atoms with Gasteiger partial charge in [0.05, 0.1) is 25.0 Å². The van der Waals surface area contributed by atoms with Gasteiger partial charge in [-0.05, 0) is 42.2 Å². The van der Waals surface area contributed by atoms with Gasteiger partial charge in [0.1, 0.15) is 17.8 Å². The molecule has 0 saturated heterocycles. The van der Waals surface area contributed by atoms with Crippen molar-refractivity contribution < 1.29 is 4.79 Å². The third-order valence-electron chi connectivity index (χ3n) is 5.93. The van der Waals surface area contributed by atoms with E-state index in [0.717, 1.165) is 46.7 Å². The summed E-state index contributed by atoms with van der Waals surface area (Å²) in [6.07, 6.45) is 8.20. The minimum Gasteiger partial charge on any atom is -0.340 e. The van der Waals surface area contributed by atoms with Crippen LogP contribution in [0.25, 0.3) is 22.8 Å². The Morgan fingerprint density at radius 2 is 1.94 bits per heavy atom. The summed E-state index contributed by atoms with van der Waals surface area (Å²) >= 11 is 0. The van der Waals surface area contributed by atoms with Crippen LogP contribution in [0.4, 0.5) is 5.82 Å². The second-order valence-corrected chi connectivity index (χ2v) is 8.24. The van der Waals surface area contributed by atoms with Gasteiger partial charge in [0.2, 0.25) is 5.91 Å². The summed E-state index contributed by atoms with van der Waals surface area (Å²) in [6, 6.07) is 12.4. The number of anilines is 1. The Hall–Kier alpha value is -3.81. The quantitative estimate of drug-likeness (QED) is 0.515. The fourth-order valence-corrected chi connectivity index (χ4v) is 4.14.